The van der Waals surface area contributed by atoms with Gasteiger partial charge in [-0.2, -0.15) is 0 Å². The van der Waals surface area contributed by atoms with Crippen LogP contribution in [0.1, 0.15) is 97.8 Å². The molecule has 0 radical (unpaired) electrons. The molecule has 0 saturated heterocycles. The van der Waals surface area contributed by atoms with Crippen LogP contribution in [-0.2, 0) is 0 Å². The van der Waals surface area contributed by atoms with Gasteiger partial charge in [0.05, 0.1) is 24.8 Å². The van der Waals surface area contributed by atoms with E-state index in [1.165, 1.54) is 44.9 Å². The summed E-state index contributed by atoms with van der Waals surface area (Å²) in [6.45, 7) is 8.68. The maximum atomic E-state index is 7.57. The highest BCUT2D eigenvalue weighted by Crippen LogP contribution is 2.53. The van der Waals surface area contributed by atoms with Crippen LogP contribution in [0.15, 0.2) is 72.8 Å². The Kier molecular flexibility index (Phi) is 12.9. The zero-order chi connectivity index (χ0) is 32.1. The molecule has 244 valence electrons. The third-order valence-electron chi connectivity index (χ3n) is 8.93. The van der Waals surface area contributed by atoms with E-state index in [0.717, 1.165) is 92.8 Å². The van der Waals surface area contributed by atoms with Gasteiger partial charge in [0, 0.05) is 32.7 Å². The fourth-order valence-corrected chi connectivity index (χ4v) is 6.82. The van der Waals surface area contributed by atoms with Crippen molar-refractivity contribution < 1.29 is 14.2 Å². The molecular weight excluding hydrogens is 588 g/mol. The summed E-state index contributed by atoms with van der Waals surface area (Å²) >= 11 is 7.57. The maximum Gasteiger partial charge on any atom is 0.146 e. The van der Waals surface area contributed by atoms with Crippen molar-refractivity contribution in [1.29, 1.82) is 0 Å². The second kappa shape index (κ2) is 17.5. The van der Waals surface area contributed by atoms with Gasteiger partial charge >= 0.3 is 0 Å². The van der Waals surface area contributed by atoms with Gasteiger partial charge in [-0.3, -0.25) is 0 Å². The Morgan fingerprint density at radius 1 is 0.391 bits per heavy atom. The Bertz CT molecular complexity index is 1650. The third kappa shape index (κ3) is 7.74. The quantitative estimate of drug-likeness (QED) is 0.0665. The van der Waals surface area contributed by atoms with E-state index in [4.69, 9.17) is 25.8 Å². The third-order valence-corrected chi connectivity index (χ3v) is 9.29. The van der Waals surface area contributed by atoms with Gasteiger partial charge in [0.25, 0.3) is 0 Å². The van der Waals surface area contributed by atoms with Crippen molar-refractivity contribution in [2.75, 3.05) is 19.8 Å². The molecule has 0 aliphatic rings. The van der Waals surface area contributed by atoms with E-state index < -0.39 is 0 Å². The minimum Gasteiger partial charge on any atom is -0.492 e. The Morgan fingerprint density at radius 2 is 0.739 bits per heavy atom. The van der Waals surface area contributed by atoms with Crippen molar-refractivity contribution in [3.05, 3.63) is 77.8 Å². The van der Waals surface area contributed by atoms with Crippen LogP contribution in [0.25, 0.3) is 43.4 Å². The minimum atomic E-state index is 0.612. The smallest absolute Gasteiger partial charge is 0.146 e. The molecule has 5 rings (SSSR count). The number of ether oxygens (including phenoxy) is 3. The van der Waals surface area contributed by atoms with E-state index >= 15 is 0 Å². The van der Waals surface area contributed by atoms with Crippen LogP contribution in [0.2, 0.25) is 5.02 Å². The van der Waals surface area contributed by atoms with Gasteiger partial charge in [0.15, 0.2) is 0 Å². The first-order valence-electron chi connectivity index (χ1n) is 17.8. The Balaban J connectivity index is 1.73. The highest BCUT2D eigenvalue weighted by atomic mass is 35.5. The molecule has 0 aliphatic heterocycles. The number of benzene rings is 5. The van der Waals surface area contributed by atoms with E-state index in [-0.39, 0.29) is 0 Å². The Morgan fingerprint density at radius 3 is 1.17 bits per heavy atom. The summed E-state index contributed by atoms with van der Waals surface area (Å²) in [7, 11) is 0. The molecule has 4 heteroatoms. The minimum absolute atomic E-state index is 0.612. The van der Waals surface area contributed by atoms with E-state index in [1.807, 2.05) is 0 Å². The fraction of sp³-hybridized carbons (Fsp3) is 0.429. The van der Waals surface area contributed by atoms with Gasteiger partial charge in [0.1, 0.15) is 17.2 Å². The van der Waals surface area contributed by atoms with Crippen LogP contribution < -0.4 is 14.2 Å². The van der Waals surface area contributed by atoms with Crippen molar-refractivity contribution >= 4 is 43.9 Å². The molecule has 0 atom stereocenters. The molecule has 0 fully saturated rings. The molecular formula is C42H51ClO3. The molecule has 0 bridgehead atoms. The summed E-state index contributed by atoms with van der Waals surface area (Å²) in [6.07, 6.45) is 13.7. The van der Waals surface area contributed by atoms with Crippen molar-refractivity contribution in [2.24, 2.45) is 0 Å². The van der Waals surface area contributed by atoms with Crippen LogP contribution in [0.5, 0.6) is 17.2 Å². The highest BCUT2D eigenvalue weighted by molar-refractivity contribution is 6.38. The number of rotatable bonds is 19. The summed E-state index contributed by atoms with van der Waals surface area (Å²) in [5, 5.41) is 7.03. The molecule has 46 heavy (non-hydrogen) atoms. The molecule has 5 aromatic rings. The zero-order valence-corrected chi connectivity index (χ0v) is 28.9. The van der Waals surface area contributed by atoms with Crippen LogP contribution >= 0.6 is 11.6 Å². The molecule has 0 spiro atoms. The fourth-order valence-electron chi connectivity index (χ4n) is 6.48. The molecule has 0 heterocycles. The average Bonchev–Trinajstić information content (AvgIpc) is 3.09. The van der Waals surface area contributed by atoms with Gasteiger partial charge in [-0.05, 0) is 30.0 Å². The summed E-state index contributed by atoms with van der Waals surface area (Å²) in [6, 6.07) is 25.6. The van der Waals surface area contributed by atoms with Gasteiger partial charge in [-0.15, -0.1) is 0 Å². The topological polar surface area (TPSA) is 27.7 Å². The monoisotopic (exact) mass is 638 g/mol. The summed E-state index contributed by atoms with van der Waals surface area (Å²) in [4.78, 5) is 0. The normalized spacial score (nSPS) is 11.5. The van der Waals surface area contributed by atoms with Crippen LogP contribution in [-0.4, -0.2) is 19.8 Å². The van der Waals surface area contributed by atoms with E-state index in [1.54, 1.807) is 0 Å². The number of hydrogen-bond donors (Lipinski definition) is 0. The number of halogens is 1. The summed E-state index contributed by atoms with van der Waals surface area (Å²) in [5.41, 5.74) is 1.97. The van der Waals surface area contributed by atoms with Crippen molar-refractivity contribution in [3.8, 4) is 28.4 Å². The number of hydrogen-bond acceptors (Lipinski definition) is 3. The summed E-state index contributed by atoms with van der Waals surface area (Å²) < 4.78 is 20.0. The van der Waals surface area contributed by atoms with Crippen molar-refractivity contribution in [2.45, 2.75) is 97.8 Å². The van der Waals surface area contributed by atoms with Gasteiger partial charge in [-0.25, -0.2) is 0 Å². The predicted molar refractivity (Wildman–Crippen MR) is 198 cm³/mol. The summed E-state index contributed by atoms with van der Waals surface area (Å²) in [5.74, 6) is 2.52. The van der Waals surface area contributed by atoms with Crippen molar-refractivity contribution in [1.82, 2.24) is 0 Å². The first kappa shape index (κ1) is 33.9. The van der Waals surface area contributed by atoms with Crippen molar-refractivity contribution in [3.63, 3.8) is 0 Å². The molecule has 0 aromatic heterocycles. The first-order chi connectivity index (χ1) is 22.7. The predicted octanol–water partition coefficient (Wildman–Crippen LogP) is 13.3. The molecule has 0 saturated carbocycles. The van der Waals surface area contributed by atoms with Crippen LogP contribution in [0, 0.1) is 0 Å². The van der Waals surface area contributed by atoms with Crippen LogP contribution in [0.4, 0.5) is 0 Å². The van der Waals surface area contributed by atoms with Gasteiger partial charge < -0.3 is 14.2 Å². The highest BCUT2D eigenvalue weighted by Gasteiger charge is 2.26. The Labute approximate surface area is 281 Å². The lowest BCUT2D eigenvalue weighted by atomic mass is 9.89. The number of fused-ring (bicyclic) bond motifs is 3. The standard InChI is InChI=1S/C42H51ClO3/c1-4-7-10-19-28-44-40-33-24-15-13-22-31(33)37(32-23-14-16-25-34(32)40)38-39(43)42(46-30-21-12-9-6-3)36-27-18-17-26-35(36)41(38)45-29-20-11-8-5-2/h13-18,22-27H,4-12,19-21,28-30H2,1-3H3. The number of unbranched alkanes of at least 4 members (excludes halogenated alkanes) is 9. The second-order valence-electron chi connectivity index (χ2n) is 12.4. The largest absolute Gasteiger partial charge is 0.492 e. The zero-order valence-electron chi connectivity index (χ0n) is 28.1. The van der Waals surface area contributed by atoms with E-state index in [2.05, 4.69) is 93.6 Å². The van der Waals surface area contributed by atoms with E-state index in [0.29, 0.717) is 24.8 Å². The first-order valence-corrected chi connectivity index (χ1v) is 18.1. The molecule has 0 N–H and O–H groups in total. The molecule has 0 amide bonds. The second-order valence-corrected chi connectivity index (χ2v) is 12.8. The molecule has 5 aromatic carbocycles. The van der Waals surface area contributed by atoms with Gasteiger partial charge in [0.2, 0.25) is 0 Å². The lowest BCUT2D eigenvalue weighted by Crippen LogP contribution is -2.05. The maximum absolute atomic E-state index is 7.57. The average molecular weight is 639 g/mol. The molecule has 0 aliphatic carbocycles. The Hall–Kier alpha value is -3.43. The lowest BCUT2D eigenvalue weighted by molar-refractivity contribution is 0.303. The molecule has 0 unspecified atom stereocenters. The van der Waals surface area contributed by atoms with E-state index in [9.17, 15) is 0 Å². The van der Waals surface area contributed by atoms with Gasteiger partial charge in [-0.1, -0.05) is 163 Å². The lowest BCUT2D eigenvalue weighted by Gasteiger charge is -2.23. The van der Waals surface area contributed by atoms with Crippen LogP contribution in [0.3, 0.4) is 0 Å². The SMILES string of the molecule is CCCCCCOc1c(Cl)c(-c2c3ccccc3c(OCCCCCC)c3ccccc23)c(OCCCCCC)c2ccccc12. The molecule has 3 nitrogen and oxygen atoms in total.